The molecule has 6 heteroatoms. The van der Waals surface area contributed by atoms with Gasteiger partial charge in [-0.25, -0.2) is 0 Å². The van der Waals surface area contributed by atoms with Crippen molar-refractivity contribution in [3.8, 4) is 0 Å². The Morgan fingerprint density at radius 1 is 1.00 bits per heavy atom. The smallest absolute Gasteiger partial charge is 0.221 e. The molecule has 0 fully saturated rings. The zero-order valence-corrected chi connectivity index (χ0v) is 13.8. The lowest BCUT2D eigenvalue weighted by Crippen LogP contribution is -2.46. The molecular weight excluding hydrogens is 268 g/mol. The summed E-state index contributed by atoms with van der Waals surface area (Å²) in [7, 11) is 0. The molecule has 0 aliphatic heterocycles. The van der Waals surface area contributed by atoms with E-state index in [-0.39, 0.29) is 17.4 Å². The third kappa shape index (κ3) is 10.3. The van der Waals surface area contributed by atoms with Crippen LogP contribution < -0.4 is 21.7 Å². The van der Waals surface area contributed by atoms with E-state index < -0.39 is 0 Å². The number of carbonyl (C=O) groups is 2. The lowest BCUT2D eigenvalue weighted by Gasteiger charge is -2.30. The van der Waals surface area contributed by atoms with E-state index in [1.807, 2.05) is 6.92 Å². The first-order valence-electron chi connectivity index (χ1n) is 7.96. The van der Waals surface area contributed by atoms with Crippen LogP contribution in [0.1, 0.15) is 52.9 Å². The van der Waals surface area contributed by atoms with Gasteiger partial charge in [0.15, 0.2) is 0 Å². The maximum absolute atomic E-state index is 11.6. The Bertz CT molecular complexity index is 310. The molecule has 124 valence electrons. The van der Waals surface area contributed by atoms with Crippen molar-refractivity contribution in [1.29, 1.82) is 0 Å². The molecule has 0 saturated heterocycles. The summed E-state index contributed by atoms with van der Waals surface area (Å²) in [5, 5.41) is 9.13. The second kappa shape index (κ2) is 11.5. The molecule has 0 aliphatic rings. The molecule has 21 heavy (non-hydrogen) atoms. The molecule has 0 rings (SSSR count). The molecule has 0 spiro atoms. The van der Waals surface area contributed by atoms with Gasteiger partial charge in [0.05, 0.1) is 0 Å². The average Bonchev–Trinajstić information content (AvgIpc) is 2.48. The molecule has 5 N–H and O–H groups in total. The predicted molar refractivity (Wildman–Crippen MR) is 85.9 cm³/mol. The van der Waals surface area contributed by atoms with Crippen LogP contribution in [-0.4, -0.2) is 43.5 Å². The highest BCUT2D eigenvalue weighted by molar-refractivity contribution is 5.76. The lowest BCUT2D eigenvalue weighted by molar-refractivity contribution is -0.121. The van der Waals surface area contributed by atoms with E-state index in [0.717, 1.165) is 25.8 Å². The van der Waals surface area contributed by atoms with E-state index in [0.29, 0.717) is 32.5 Å². The van der Waals surface area contributed by atoms with E-state index in [2.05, 4.69) is 29.8 Å². The van der Waals surface area contributed by atoms with Crippen molar-refractivity contribution in [2.24, 2.45) is 5.73 Å². The van der Waals surface area contributed by atoms with Gasteiger partial charge < -0.3 is 21.7 Å². The molecule has 0 aromatic heterocycles. The molecule has 0 saturated carbocycles. The van der Waals surface area contributed by atoms with Gasteiger partial charge in [-0.2, -0.15) is 0 Å². The quantitative estimate of drug-likeness (QED) is 0.395. The summed E-state index contributed by atoms with van der Waals surface area (Å²) >= 11 is 0. The number of nitrogens with one attached hydrogen (secondary N) is 3. The maximum Gasteiger partial charge on any atom is 0.221 e. The van der Waals surface area contributed by atoms with Gasteiger partial charge in [0.2, 0.25) is 11.8 Å². The highest BCUT2D eigenvalue weighted by Gasteiger charge is 2.21. The first kappa shape index (κ1) is 19.9. The Morgan fingerprint density at radius 3 is 2.19 bits per heavy atom. The van der Waals surface area contributed by atoms with Crippen LogP contribution in [0.3, 0.4) is 0 Å². The fraction of sp³-hybridized carbons (Fsp3) is 0.867. The van der Waals surface area contributed by atoms with E-state index in [1.54, 1.807) is 0 Å². The third-order valence-electron chi connectivity index (χ3n) is 3.63. The topological polar surface area (TPSA) is 96.2 Å². The normalized spacial score (nSPS) is 13.5. The number of hydrogen-bond donors (Lipinski definition) is 4. The van der Waals surface area contributed by atoms with Gasteiger partial charge in [0, 0.05) is 44.6 Å². The largest absolute Gasteiger partial charge is 0.356 e. The highest BCUT2D eigenvalue weighted by Crippen LogP contribution is 2.16. The van der Waals surface area contributed by atoms with Crippen LogP contribution >= 0.6 is 0 Å². The van der Waals surface area contributed by atoms with E-state index in [1.165, 1.54) is 0 Å². The molecule has 6 nitrogen and oxygen atoms in total. The van der Waals surface area contributed by atoms with Crippen molar-refractivity contribution in [3.63, 3.8) is 0 Å². The molecule has 0 aromatic rings. The van der Waals surface area contributed by atoms with Crippen LogP contribution in [0.25, 0.3) is 0 Å². The van der Waals surface area contributed by atoms with Crippen molar-refractivity contribution in [1.82, 2.24) is 16.0 Å². The Balaban J connectivity index is 3.93. The minimum Gasteiger partial charge on any atom is -0.356 e. The van der Waals surface area contributed by atoms with Crippen LogP contribution in [0.2, 0.25) is 0 Å². The summed E-state index contributed by atoms with van der Waals surface area (Å²) in [6, 6.07) is 0. The van der Waals surface area contributed by atoms with E-state index in [9.17, 15) is 9.59 Å². The standard InChI is InChI=1S/C15H32N4O2/c1-4-10-17-13(20)6-8-15(3,5-2)19-12-11-18-14(21)7-9-16/h19H,4-12,16H2,1-3H3,(H,17,20)(H,18,21). The fourth-order valence-corrected chi connectivity index (χ4v) is 1.92. The molecule has 1 atom stereocenters. The molecule has 0 aliphatic carbocycles. The number of carbonyl (C=O) groups excluding carboxylic acids is 2. The Labute approximate surface area is 128 Å². The Hall–Kier alpha value is -1.14. The number of nitrogens with two attached hydrogens (primary N) is 1. The van der Waals surface area contributed by atoms with E-state index in [4.69, 9.17) is 5.73 Å². The third-order valence-corrected chi connectivity index (χ3v) is 3.63. The minimum atomic E-state index is -0.0812. The van der Waals surface area contributed by atoms with Crippen molar-refractivity contribution >= 4 is 11.8 Å². The molecule has 0 bridgehead atoms. The molecular formula is C15H32N4O2. The minimum absolute atomic E-state index is 0.0172. The predicted octanol–water partition coefficient (Wildman–Crippen LogP) is 0.516. The van der Waals surface area contributed by atoms with Gasteiger partial charge in [0.25, 0.3) is 0 Å². The Morgan fingerprint density at radius 2 is 1.62 bits per heavy atom. The lowest BCUT2D eigenvalue weighted by atomic mass is 9.92. The van der Waals surface area contributed by atoms with Crippen LogP contribution in [0, 0.1) is 0 Å². The van der Waals surface area contributed by atoms with Crippen LogP contribution in [0.15, 0.2) is 0 Å². The van der Waals surface area contributed by atoms with Gasteiger partial charge in [-0.05, 0) is 26.2 Å². The summed E-state index contributed by atoms with van der Waals surface area (Å²) in [6.45, 7) is 8.64. The molecule has 0 radical (unpaired) electrons. The van der Waals surface area contributed by atoms with Crippen LogP contribution in [-0.2, 0) is 9.59 Å². The monoisotopic (exact) mass is 300 g/mol. The number of hydrogen-bond acceptors (Lipinski definition) is 4. The second-order valence-corrected chi connectivity index (χ2v) is 5.58. The Kier molecular flexibility index (Phi) is 10.9. The van der Waals surface area contributed by atoms with Crippen LogP contribution in [0.5, 0.6) is 0 Å². The maximum atomic E-state index is 11.6. The number of amides is 2. The first-order chi connectivity index (χ1) is 9.97. The van der Waals surface area contributed by atoms with Crippen molar-refractivity contribution in [2.75, 3.05) is 26.2 Å². The molecule has 2 amide bonds. The van der Waals surface area contributed by atoms with Gasteiger partial charge in [0.1, 0.15) is 0 Å². The summed E-state index contributed by atoms with van der Waals surface area (Å²) in [6.07, 6.45) is 3.57. The van der Waals surface area contributed by atoms with Crippen molar-refractivity contribution < 1.29 is 9.59 Å². The SMILES string of the molecule is CCCNC(=O)CCC(C)(CC)NCCNC(=O)CCN. The summed E-state index contributed by atoms with van der Waals surface area (Å²) in [5.74, 6) is 0.0889. The highest BCUT2D eigenvalue weighted by atomic mass is 16.2. The molecule has 0 aromatic carbocycles. The summed E-state index contributed by atoms with van der Waals surface area (Å²) < 4.78 is 0. The van der Waals surface area contributed by atoms with Gasteiger partial charge >= 0.3 is 0 Å². The average molecular weight is 300 g/mol. The van der Waals surface area contributed by atoms with Gasteiger partial charge in [-0.15, -0.1) is 0 Å². The second-order valence-electron chi connectivity index (χ2n) is 5.58. The zero-order valence-electron chi connectivity index (χ0n) is 13.8. The summed E-state index contributed by atoms with van der Waals surface area (Å²) in [4.78, 5) is 22.9. The number of rotatable bonds is 12. The van der Waals surface area contributed by atoms with E-state index >= 15 is 0 Å². The summed E-state index contributed by atoms with van der Waals surface area (Å²) in [5.41, 5.74) is 5.23. The van der Waals surface area contributed by atoms with Crippen LogP contribution in [0.4, 0.5) is 0 Å². The molecule has 1 unspecified atom stereocenters. The van der Waals surface area contributed by atoms with Crippen molar-refractivity contribution in [3.05, 3.63) is 0 Å². The zero-order chi connectivity index (χ0) is 16.1. The molecule has 0 heterocycles. The first-order valence-corrected chi connectivity index (χ1v) is 7.96. The van der Waals surface area contributed by atoms with Gasteiger partial charge in [-0.3, -0.25) is 9.59 Å². The van der Waals surface area contributed by atoms with Gasteiger partial charge in [-0.1, -0.05) is 13.8 Å². The fourth-order valence-electron chi connectivity index (χ4n) is 1.92. The van der Waals surface area contributed by atoms with Crippen molar-refractivity contribution in [2.45, 2.75) is 58.4 Å².